The van der Waals surface area contributed by atoms with Crippen molar-refractivity contribution >= 4 is 23.4 Å². The molecule has 1 fully saturated rings. The number of anilines is 1. The van der Waals surface area contributed by atoms with E-state index >= 15 is 0 Å². The topological polar surface area (TPSA) is 73.0 Å². The fourth-order valence-electron chi connectivity index (χ4n) is 4.35. The smallest absolute Gasteiger partial charge is 0.243 e. The number of benzene rings is 2. The van der Waals surface area contributed by atoms with Crippen molar-refractivity contribution in [3.05, 3.63) is 65.2 Å². The molecule has 1 unspecified atom stereocenters. The molecule has 1 N–H and O–H groups in total. The van der Waals surface area contributed by atoms with Gasteiger partial charge in [0.05, 0.1) is 19.0 Å². The molecule has 3 amide bonds. The van der Waals surface area contributed by atoms with Gasteiger partial charge in [0.25, 0.3) is 0 Å². The summed E-state index contributed by atoms with van der Waals surface area (Å²) in [6.45, 7) is 8.39. The number of hydrogen-bond acceptors (Lipinski definition) is 4. The lowest BCUT2D eigenvalue weighted by Crippen LogP contribution is -2.55. The predicted molar refractivity (Wildman–Crippen MR) is 135 cm³/mol. The Kier molecular flexibility index (Phi) is 8.82. The van der Waals surface area contributed by atoms with Crippen molar-refractivity contribution in [2.75, 3.05) is 45.1 Å². The van der Waals surface area contributed by atoms with Crippen molar-refractivity contribution in [2.45, 2.75) is 39.7 Å². The Balaban J connectivity index is 1.47. The summed E-state index contributed by atoms with van der Waals surface area (Å²) in [7, 11) is 1.66. The van der Waals surface area contributed by atoms with E-state index in [1.54, 1.807) is 7.05 Å². The van der Waals surface area contributed by atoms with Crippen molar-refractivity contribution in [2.24, 2.45) is 0 Å². The number of carbonyl (C=O) groups excluding carboxylic acids is 3. The molecular weight excluding hydrogens is 428 g/mol. The molecule has 1 atom stereocenters. The molecule has 7 heteroatoms. The zero-order valence-electron chi connectivity index (χ0n) is 20.7. The van der Waals surface area contributed by atoms with Crippen LogP contribution in [0.3, 0.4) is 0 Å². The fraction of sp³-hybridized carbons (Fsp3) is 0.444. The summed E-state index contributed by atoms with van der Waals surface area (Å²) in [5.41, 5.74) is 4.03. The number of para-hydroxylation sites is 1. The Bertz CT molecular complexity index is 1010. The van der Waals surface area contributed by atoms with Gasteiger partial charge in [-0.05, 0) is 43.0 Å². The molecule has 1 aliphatic rings. The molecule has 0 radical (unpaired) electrons. The highest BCUT2D eigenvalue weighted by Crippen LogP contribution is 2.16. The molecule has 182 valence electrons. The maximum Gasteiger partial charge on any atom is 0.243 e. The third-order valence-electron chi connectivity index (χ3n) is 6.60. The molecular formula is C27H36N4O3. The average molecular weight is 465 g/mol. The normalized spacial score (nSPS) is 15.0. The molecule has 1 heterocycles. The quantitative estimate of drug-likeness (QED) is 0.652. The van der Waals surface area contributed by atoms with Gasteiger partial charge in [0.15, 0.2) is 0 Å². The minimum atomic E-state index is -0.352. The van der Waals surface area contributed by atoms with E-state index in [4.69, 9.17) is 0 Å². The molecule has 0 aromatic heterocycles. The SMILES string of the molecule is CCc1ccccc1NC(=O)CN(C)C(=O)C(C)N1CCN(C(=O)Cc2ccccc2C)CC1. The van der Waals surface area contributed by atoms with Crippen LogP contribution in [0.25, 0.3) is 0 Å². The van der Waals surface area contributed by atoms with Crippen molar-refractivity contribution < 1.29 is 14.4 Å². The molecule has 0 saturated carbocycles. The summed E-state index contributed by atoms with van der Waals surface area (Å²) in [5, 5.41) is 2.92. The first-order valence-electron chi connectivity index (χ1n) is 12.0. The van der Waals surface area contributed by atoms with Crippen molar-refractivity contribution in [3.8, 4) is 0 Å². The van der Waals surface area contributed by atoms with Gasteiger partial charge in [0.2, 0.25) is 17.7 Å². The lowest BCUT2D eigenvalue weighted by Gasteiger charge is -2.38. The molecule has 3 rings (SSSR count). The Morgan fingerprint density at radius 1 is 0.971 bits per heavy atom. The Hall–Kier alpha value is -3.19. The van der Waals surface area contributed by atoms with Gasteiger partial charge in [0, 0.05) is 38.9 Å². The number of aryl methyl sites for hydroxylation is 2. The highest BCUT2D eigenvalue weighted by atomic mass is 16.2. The minimum absolute atomic E-state index is 0.00387. The second kappa shape index (κ2) is 11.8. The molecule has 7 nitrogen and oxygen atoms in total. The molecule has 2 aromatic carbocycles. The third kappa shape index (κ3) is 6.44. The van der Waals surface area contributed by atoms with Crippen LogP contribution in [0.5, 0.6) is 0 Å². The second-order valence-corrected chi connectivity index (χ2v) is 8.95. The maximum atomic E-state index is 13.0. The van der Waals surface area contributed by atoms with Crippen LogP contribution in [0.15, 0.2) is 48.5 Å². The largest absolute Gasteiger partial charge is 0.340 e. The van der Waals surface area contributed by atoms with Crippen LogP contribution in [0, 0.1) is 6.92 Å². The van der Waals surface area contributed by atoms with E-state index in [1.165, 1.54) is 4.90 Å². The zero-order valence-corrected chi connectivity index (χ0v) is 20.7. The van der Waals surface area contributed by atoms with Crippen LogP contribution in [-0.2, 0) is 27.2 Å². The molecule has 1 saturated heterocycles. The highest BCUT2D eigenvalue weighted by molar-refractivity contribution is 5.95. The van der Waals surface area contributed by atoms with Gasteiger partial charge >= 0.3 is 0 Å². The van der Waals surface area contributed by atoms with Gasteiger partial charge in [0.1, 0.15) is 0 Å². The number of carbonyl (C=O) groups is 3. The summed E-state index contributed by atoms with van der Waals surface area (Å²) in [6.07, 6.45) is 1.22. The molecule has 34 heavy (non-hydrogen) atoms. The van der Waals surface area contributed by atoms with E-state index in [-0.39, 0.29) is 30.3 Å². The Morgan fingerprint density at radius 3 is 2.24 bits per heavy atom. The summed E-state index contributed by atoms with van der Waals surface area (Å²) >= 11 is 0. The van der Waals surface area contributed by atoms with Crippen LogP contribution >= 0.6 is 0 Å². The van der Waals surface area contributed by atoms with Crippen LogP contribution in [0.4, 0.5) is 5.69 Å². The monoisotopic (exact) mass is 464 g/mol. The average Bonchev–Trinajstić information content (AvgIpc) is 2.84. The van der Waals surface area contributed by atoms with E-state index < -0.39 is 0 Å². The Labute approximate surface area is 202 Å². The molecule has 2 aromatic rings. The van der Waals surface area contributed by atoms with E-state index in [9.17, 15) is 14.4 Å². The molecule has 1 aliphatic heterocycles. The van der Waals surface area contributed by atoms with Gasteiger partial charge in [-0.3, -0.25) is 19.3 Å². The predicted octanol–water partition coefficient (Wildman–Crippen LogP) is 2.73. The van der Waals surface area contributed by atoms with E-state index in [0.29, 0.717) is 32.6 Å². The van der Waals surface area contributed by atoms with Crippen LogP contribution in [0.1, 0.15) is 30.5 Å². The van der Waals surface area contributed by atoms with Crippen molar-refractivity contribution in [3.63, 3.8) is 0 Å². The number of piperazine rings is 1. The number of likely N-dealkylation sites (N-methyl/N-ethyl adjacent to an activating group) is 1. The van der Waals surface area contributed by atoms with Crippen LogP contribution < -0.4 is 5.32 Å². The van der Waals surface area contributed by atoms with E-state index in [2.05, 4.69) is 10.2 Å². The maximum absolute atomic E-state index is 13.0. The molecule has 0 spiro atoms. The van der Waals surface area contributed by atoms with Crippen LogP contribution in [-0.4, -0.2) is 78.2 Å². The van der Waals surface area contributed by atoms with Gasteiger partial charge in [-0.15, -0.1) is 0 Å². The standard InChI is InChI=1S/C27H36N4O3/c1-5-22-11-8-9-13-24(22)28-25(32)19-29(4)27(34)21(3)30-14-16-31(17-15-30)26(33)18-23-12-7-6-10-20(23)2/h6-13,21H,5,14-19H2,1-4H3,(H,28,32). The number of amides is 3. The van der Waals surface area contributed by atoms with E-state index in [1.807, 2.05) is 74.2 Å². The minimum Gasteiger partial charge on any atom is -0.340 e. The van der Waals surface area contributed by atoms with Crippen molar-refractivity contribution in [1.29, 1.82) is 0 Å². The summed E-state index contributed by atoms with van der Waals surface area (Å²) in [5.74, 6) is -0.191. The second-order valence-electron chi connectivity index (χ2n) is 8.95. The first kappa shape index (κ1) is 25.4. The number of rotatable bonds is 8. The van der Waals surface area contributed by atoms with Gasteiger partial charge in [-0.1, -0.05) is 49.4 Å². The van der Waals surface area contributed by atoms with Crippen LogP contribution in [0.2, 0.25) is 0 Å². The summed E-state index contributed by atoms with van der Waals surface area (Å²) in [4.78, 5) is 43.7. The first-order valence-corrected chi connectivity index (χ1v) is 12.0. The summed E-state index contributed by atoms with van der Waals surface area (Å²) < 4.78 is 0. The van der Waals surface area contributed by atoms with Gasteiger partial charge < -0.3 is 15.1 Å². The third-order valence-corrected chi connectivity index (χ3v) is 6.60. The lowest BCUT2D eigenvalue weighted by molar-refractivity contribution is -0.139. The summed E-state index contributed by atoms with van der Waals surface area (Å²) in [6, 6.07) is 15.3. The highest BCUT2D eigenvalue weighted by Gasteiger charge is 2.29. The molecule has 0 bridgehead atoms. The van der Waals surface area contributed by atoms with Crippen molar-refractivity contribution in [1.82, 2.24) is 14.7 Å². The molecule has 0 aliphatic carbocycles. The number of nitrogens with zero attached hydrogens (tertiary/aromatic N) is 3. The van der Waals surface area contributed by atoms with Gasteiger partial charge in [-0.25, -0.2) is 0 Å². The number of nitrogens with one attached hydrogen (secondary N) is 1. The van der Waals surface area contributed by atoms with Gasteiger partial charge in [-0.2, -0.15) is 0 Å². The Morgan fingerprint density at radius 2 is 1.59 bits per heavy atom. The first-order chi connectivity index (χ1) is 16.3. The lowest BCUT2D eigenvalue weighted by atomic mass is 10.0. The fourth-order valence-corrected chi connectivity index (χ4v) is 4.35. The number of hydrogen-bond donors (Lipinski definition) is 1. The zero-order chi connectivity index (χ0) is 24.7. The van der Waals surface area contributed by atoms with E-state index in [0.717, 1.165) is 28.8 Å².